The maximum atomic E-state index is 5.50. The van der Waals surface area contributed by atoms with E-state index in [0.717, 1.165) is 23.5 Å². The first kappa shape index (κ1) is 12.1. The molecule has 0 aliphatic rings. The molecule has 0 aliphatic carbocycles. The van der Waals surface area contributed by atoms with Crippen molar-refractivity contribution in [2.75, 3.05) is 13.6 Å². The maximum absolute atomic E-state index is 5.50. The number of benzene rings is 1. The second kappa shape index (κ2) is 4.88. The molecule has 92 valence electrons. The molecule has 3 heteroatoms. The highest BCUT2D eigenvalue weighted by Crippen LogP contribution is 2.27. The predicted molar refractivity (Wildman–Crippen MR) is 70.3 cm³/mol. The molecule has 1 aromatic heterocycles. The monoisotopic (exact) mass is 232 g/mol. The summed E-state index contributed by atoms with van der Waals surface area (Å²) < 4.78 is 5.50. The highest BCUT2D eigenvalue weighted by Gasteiger charge is 2.16. The molecule has 1 aromatic carbocycles. The molecule has 1 unspecified atom stereocenters. The quantitative estimate of drug-likeness (QED) is 0.880. The van der Waals surface area contributed by atoms with Crippen LogP contribution in [0.2, 0.25) is 0 Å². The molecule has 0 spiro atoms. The fourth-order valence-electron chi connectivity index (χ4n) is 2.25. The van der Waals surface area contributed by atoms with Gasteiger partial charge in [0.2, 0.25) is 0 Å². The van der Waals surface area contributed by atoms with Crippen molar-refractivity contribution in [3.05, 3.63) is 29.7 Å². The summed E-state index contributed by atoms with van der Waals surface area (Å²) in [6, 6.07) is 6.32. The number of oxazole rings is 1. The number of rotatable bonds is 4. The summed E-state index contributed by atoms with van der Waals surface area (Å²) in [6.07, 6.45) is 0. The van der Waals surface area contributed by atoms with Crippen LogP contribution >= 0.6 is 0 Å². The third-order valence-corrected chi connectivity index (χ3v) is 3.18. The Morgan fingerprint density at radius 2 is 2.12 bits per heavy atom. The number of aromatic nitrogens is 1. The second-order valence-corrected chi connectivity index (χ2v) is 4.87. The van der Waals surface area contributed by atoms with Gasteiger partial charge in [-0.15, -0.1) is 0 Å². The van der Waals surface area contributed by atoms with Crippen LogP contribution in [0.25, 0.3) is 11.1 Å². The Balaban J connectivity index is 2.39. The van der Waals surface area contributed by atoms with Crippen LogP contribution in [0.5, 0.6) is 0 Å². The van der Waals surface area contributed by atoms with Gasteiger partial charge in [0.25, 0.3) is 0 Å². The zero-order chi connectivity index (χ0) is 12.4. The number of nitrogens with zero attached hydrogens (tertiary/aromatic N) is 1. The Bertz CT molecular complexity index is 502. The molecular weight excluding hydrogens is 212 g/mol. The van der Waals surface area contributed by atoms with E-state index in [9.17, 15) is 0 Å². The van der Waals surface area contributed by atoms with E-state index in [4.69, 9.17) is 4.42 Å². The van der Waals surface area contributed by atoms with E-state index < -0.39 is 0 Å². The maximum Gasteiger partial charge on any atom is 0.192 e. The Morgan fingerprint density at radius 1 is 1.35 bits per heavy atom. The molecule has 1 N–H and O–H groups in total. The normalized spacial score (nSPS) is 13.5. The van der Waals surface area contributed by atoms with Crippen molar-refractivity contribution < 1.29 is 4.42 Å². The zero-order valence-electron chi connectivity index (χ0n) is 10.9. The van der Waals surface area contributed by atoms with E-state index >= 15 is 0 Å². The summed E-state index contributed by atoms with van der Waals surface area (Å²) in [7, 11) is 1.99. The summed E-state index contributed by atoms with van der Waals surface area (Å²) in [4.78, 5) is 4.39. The van der Waals surface area contributed by atoms with Crippen molar-refractivity contribution in [1.29, 1.82) is 0 Å². The fraction of sp³-hybridized carbons (Fsp3) is 0.500. The number of fused-ring (bicyclic) bond motifs is 1. The number of hydrogen-bond donors (Lipinski definition) is 1. The van der Waals surface area contributed by atoms with Gasteiger partial charge in [0.1, 0.15) is 5.52 Å². The predicted octanol–water partition coefficient (Wildman–Crippen LogP) is 3.10. The lowest BCUT2D eigenvalue weighted by atomic mass is 9.88. The Labute approximate surface area is 102 Å². The number of hydrogen-bond acceptors (Lipinski definition) is 3. The first-order valence-corrected chi connectivity index (χ1v) is 6.13. The highest BCUT2D eigenvalue weighted by molar-refractivity contribution is 5.73. The molecule has 0 aliphatic heterocycles. The van der Waals surface area contributed by atoms with Crippen molar-refractivity contribution in [1.82, 2.24) is 10.3 Å². The lowest BCUT2D eigenvalue weighted by molar-refractivity contribution is 0.478. The van der Waals surface area contributed by atoms with Crippen LogP contribution in [0.4, 0.5) is 0 Å². The molecule has 0 radical (unpaired) electrons. The van der Waals surface area contributed by atoms with Crippen molar-refractivity contribution in [3.63, 3.8) is 0 Å². The van der Waals surface area contributed by atoms with E-state index in [0.29, 0.717) is 11.8 Å². The summed E-state index contributed by atoms with van der Waals surface area (Å²) in [6.45, 7) is 7.37. The smallest absolute Gasteiger partial charge is 0.192 e. The average molecular weight is 232 g/mol. The van der Waals surface area contributed by atoms with Crippen LogP contribution in [0.15, 0.2) is 22.6 Å². The standard InChI is InChI=1S/C14H20N2O/c1-9(2)12(8-15-4)11-5-6-14-13(7-11)16-10(3)17-14/h5-7,9,12,15H,8H2,1-4H3. The van der Waals surface area contributed by atoms with Gasteiger partial charge in [0.05, 0.1) is 0 Å². The number of nitrogens with one attached hydrogen (secondary N) is 1. The minimum absolute atomic E-state index is 0.515. The van der Waals surface area contributed by atoms with Crippen molar-refractivity contribution in [2.24, 2.45) is 5.92 Å². The van der Waals surface area contributed by atoms with Gasteiger partial charge in [-0.25, -0.2) is 4.98 Å². The van der Waals surface area contributed by atoms with Crippen LogP contribution in [-0.2, 0) is 0 Å². The molecule has 2 rings (SSSR count). The molecule has 0 saturated heterocycles. The number of aryl methyl sites for hydroxylation is 1. The van der Waals surface area contributed by atoms with Crippen LogP contribution < -0.4 is 5.32 Å². The number of likely N-dealkylation sites (N-methyl/N-ethyl adjacent to an activating group) is 1. The molecule has 3 nitrogen and oxygen atoms in total. The van der Waals surface area contributed by atoms with Gasteiger partial charge in [0.15, 0.2) is 11.5 Å². The Kier molecular flexibility index (Phi) is 3.48. The van der Waals surface area contributed by atoms with E-state index in [1.54, 1.807) is 0 Å². The summed E-state index contributed by atoms with van der Waals surface area (Å²) in [5.74, 6) is 1.85. The van der Waals surface area contributed by atoms with Crippen LogP contribution in [0, 0.1) is 12.8 Å². The van der Waals surface area contributed by atoms with Gasteiger partial charge >= 0.3 is 0 Å². The second-order valence-electron chi connectivity index (χ2n) is 4.87. The topological polar surface area (TPSA) is 38.1 Å². The van der Waals surface area contributed by atoms with Crippen LogP contribution in [-0.4, -0.2) is 18.6 Å². The molecular formula is C14H20N2O. The molecule has 0 bridgehead atoms. The van der Waals surface area contributed by atoms with E-state index in [1.807, 2.05) is 20.0 Å². The van der Waals surface area contributed by atoms with Crippen molar-refractivity contribution in [2.45, 2.75) is 26.7 Å². The third kappa shape index (κ3) is 2.50. The van der Waals surface area contributed by atoms with Gasteiger partial charge in [-0.1, -0.05) is 19.9 Å². The summed E-state index contributed by atoms with van der Waals surface area (Å²) >= 11 is 0. The highest BCUT2D eigenvalue weighted by atomic mass is 16.3. The van der Waals surface area contributed by atoms with Gasteiger partial charge < -0.3 is 9.73 Å². The lowest BCUT2D eigenvalue weighted by Gasteiger charge is -2.20. The van der Waals surface area contributed by atoms with Crippen molar-refractivity contribution >= 4 is 11.1 Å². The van der Waals surface area contributed by atoms with E-state index in [1.165, 1.54) is 5.56 Å². The molecule has 1 atom stereocenters. The molecule has 2 aromatic rings. The Morgan fingerprint density at radius 3 is 2.76 bits per heavy atom. The molecule has 0 amide bonds. The zero-order valence-corrected chi connectivity index (χ0v) is 10.9. The first-order valence-electron chi connectivity index (χ1n) is 6.13. The van der Waals surface area contributed by atoms with Crippen molar-refractivity contribution in [3.8, 4) is 0 Å². The minimum atomic E-state index is 0.515. The largest absolute Gasteiger partial charge is 0.441 e. The molecule has 0 fully saturated rings. The molecule has 0 saturated carbocycles. The first-order chi connectivity index (χ1) is 8.11. The lowest BCUT2D eigenvalue weighted by Crippen LogP contribution is -2.21. The summed E-state index contributed by atoms with van der Waals surface area (Å²) in [5.41, 5.74) is 3.16. The third-order valence-electron chi connectivity index (χ3n) is 3.18. The fourth-order valence-corrected chi connectivity index (χ4v) is 2.25. The van der Waals surface area contributed by atoms with Crippen LogP contribution in [0.3, 0.4) is 0 Å². The van der Waals surface area contributed by atoms with E-state index in [2.05, 4.69) is 36.3 Å². The van der Waals surface area contributed by atoms with E-state index in [-0.39, 0.29) is 0 Å². The average Bonchev–Trinajstić information content (AvgIpc) is 2.64. The summed E-state index contributed by atoms with van der Waals surface area (Å²) in [5, 5.41) is 3.26. The molecule has 1 heterocycles. The van der Waals surface area contributed by atoms with Gasteiger partial charge in [-0.2, -0.15) is 0 Å². The molecule has 17 heavy (non-hydrogen) atoms. The van der Waals surface area contributed by atoms with Gasteiger partial charge in [-0.05, 0) is 36.6 Å². The van der Waals surface area contributed by atoms with Gasteiger partial charge in [0, 0.05) is 13.5 Å². The Hall–Kier alpha value is -1.35. The SMILES string of the molecule is CNCC(c1ccc2oc(C)nc2c1)C(C)C. The minimum Gasteiger partial charge on any atom is -0.441 e. The van der Waals surface area contributed by atoms with Crippen LogP contribution in [0.1, 0.15) is 31.2 Å². The van der Waals surface area contributed by atoms with Gasteiger partial charge in [-0.3, -0.25) is 0 Å².